The Morgan fingerprint density at radius 2 is 1.92 bits per heavy atom. The molecule has 5 heteroatoms. The van der Waals surface area contributed by atoms with E-state index in [9.17, 15) is 4.79 Å². The van der Waals surface area contributed by atoms with E-state index in [0.29, 0.717) is 19.8 Å². The molecule has 0 amide bonds. The third-order valence-corrected chi connectivity index (χ3v) is 5.35. The molecule has 0 bridgehead atoms. The summed E-state index contributed by atoms with van der Waals surface area (Å²) in [4.78, 5) is 12.1. The molecule has 1 aliphatic carbocycles. The van der Waals surface area contributed by atoms with Gasteiger partial charge in [0.2, 0.25) is 0 Å². The Bertz CT molecular complexity index is 704. The first kappa shape index (κ1) is 16.3. The summed E-state index contributed by atoms with van der Waals surface area (Å²) in [5, 5.41) is 3.69. The van der Waals surface area contributed by atoms with Crippen molar-refractivity contribution in [3.8, 4) is 11.5 Å². The maximum atomic E-state index is 12.1. The second kappa shape index (κ2) is 6.62. The van der Waals surface area contributed by atoms with Crippen LogP contribution in [0.3, 0.4) is 0 Å². The van der Waals surface area contributed by atoms with Crippen LogP contribution in [0.15, 0.2) is 18.2 Å². The van der Waals surface area contributed by atoms with Crippen molar-refractivity contribution in [2.75, 3.05) is 19.8 Å². The maximum Gasteiger partial charge on any atom is 0.332 e. The van der Waals surface area contributed by atoms with Crippen molar-refractivity contribution >= 4 is 11.7 Å². The first-order valence-electron chi connectivity index (χ1n) is 9.29. The molecule has 2 aliphatic heterocycles. The predicted molar refractivity (Wildman–Crippen MR) is 94.7 cm³/mol. The number of hydrogen-bond acceptors (Lipinski definition) is 5. The van der Waals surface area contributed by atoms with Gasteiger partial charge in [-0.1, -0.05) is 19.3 Å². The van der Waals surface area contributed by atoms with Crippen LogP contribution in [0.4, 0.5) is 0 Å². The Morgan fingerprint density at radius 1 is 1.20 bits per heavy atom. The summed E-state index contributed by atoms with van der Waals surface area (Å²) in [5.41, 5.74) is 3.13. The lowest BCUT2D eigenvalue weighted by molar-refractivity contribution is -0.137. The van der Waals surface area contributed by atoms with Crippen molar-refractivity contribution in [2.45, 2.75) is 51.0 Å². The van der Waals surface area contributed by atoms with E-state index >= 15 is 0 Å². The number of esters is 1. The lowest BCUT2D eigenvalue weighted by Gasteiger charge is -2.44. The number of fused-ring (bicyclic) bond motifs is 2. The smallest absolute Gasteiger partial charge is 0.332 e. The fourth-order valence-electron chi connectivity index (χ4n) is 4.24. The van der Waals surface area contributed by atoms with Crippen LogP contribution in [0.1, 0.15) is 50.2 Å². The standard InChI is InChI=1S/C20H25NO4/c1-2-23-19(22)12-16-15-11-18-17(24-8-9-25-18)10-14(15)13-20(21-16)6-4-3-5-7-20/h10-12,21H,2-9,13H2,1H3/b16-12-. The van der Waals surface area contributed by atoms with Gasteiger partial charge in [-0.3, -0.25) is 0 Å². The van der Waals surface area contributed by atoms with E-state index in [4.69, 9.17) is 14.2 Å². The van der Waals surface area contributed by atoms with Crippen LogP contribution in [0, 0.1) is 0 Å². The molecule has 0 unspecified atom stereocenters. The van der Waals surface area contributed by atoms with E-state index in [1.807, 2.05) is 13.0 Å². The molecule has 0 radical (unpaired) electrons. The van der Waals surface area contributed by atoms with Crippen LogP contribution in [-0.4, -0.2) is 31.3 Å². The van der Waals surface area contributed by atoms with Crippen LogP contribution in [0.5, 0.6) is 11.5 Å². The van der Waals surface area contributed by atoms with E-state index in [1.165, 1.54) is 24.8 Å². The molecule has 1 aromatic rings. The van der Waals surface area contributed by atoms with Gasteiger partial charge < -0.3 is 19.5 Å². The van der Waals surface area contributed by atoms with E-state index in [-0.39, 0.29) is 11.5 Å². The normalized spacial score (nSPS) is 22.2. The van der Waals surface area contributed by atoms with Crippen LogP contribution in [0.2, 0.25) is 0 Å². The molecule has 0 saturated heterocycles. The summed E-state index contributed by atoms with van der Waals surface area (Å²) in [6.07, 6.45) is 8.53. The molecule has 5 nitrogen and oxygen atoms in total. The zero-order chi connectivity index (χ0) is 17.3. The minimum Gasteiger partial charge on any atom is -0.486 e. The van der Waals surface area contributed by atoms with Gasteiger partial charge in [-0.15, -0.1) is 0 Å². The van der Waals surface area contributed by atoms with Crippen molar-refractivity contribution in [1.29, 1.82) is 0 Å². The zero-order valence-corrected chi connectivity index (χ0v) is 14.7. The molecule has 1 N–H and O–H groups in total. The topological polar surface area (TPSA) is 56.8 Å². The first-order valence-corrected chi connectivity index (χ1v) is 9.29. The van der Waals surface area contributed by atoms with Crippen LogP contribution >= 0.6 is 0 Å². The molecule has 134 valence electrons. The summed E-state index contributed by atoms with van der Waals surface area (Å²) in [6, 6.07) is 4.09. The monoisotopic (exact) mass is 343 g/mol. The van der Waals surface area contributed by atoms with Crippen LogP contribution in [-0.2, 0) is 16.0 Å². The Labute approximate surface area is 148 Å². The average molecular weight is 343 g/mol. The molecular formula is C20H25NO4. The minimum atomic E-state index is -0.307. The van der Waals surface area contributed by atoms with Crippen molar-refractivity contribution < 1.29 is 19.0 Å². The van der Waals surface area contributed by atoms with E-state index in [0.717, 1.165) is 42.0 Å². The number of carbonyl (C=O) groups is 1. The van der Waals surface area contributed by atoms with E-state index in [1.54, 1.807) is 6.08 Å². The van der Waals surface area contributed by atoms with E-state index < -0.39 is 0 Å². The minimum absolute atomic E-state index is 0.0351. The molecule has 0 atom stereocenters. The van der Waals surface area contributed by atoms with Gasteiger partial charge in [-0.2, -0.15) is 0 Å². The van der Waals surface area contributed by atoms with Crippen molar-refractivity contribution in [3.63, 3.8) is 0 Å². The van der Waals surface area contributed by atoms with Crippen molar-refractivity contribution in [1.82, 2.24) is 5.32 Å². The van der Waals surface area contributed by atoms with Gasteiger partial charge in [0, 0.05) is 22.9 Å². The van der Waals surface area contributed by atoms with Crippen LogP contribution in [0.25, 0.3) is 5.70 Å². The summed E-state index contributed by atoms with van der Waals surface area (Å²) < 4.78 is 16.6. The molecule has 1 spiro atoms. The molecule has 4 rings (SSSR count). The number of carbonyl (C=O) groups excluding carboxylic acids is 1. The number of rotatable bonds is 2. The summed E-state index contributed by atoms with van der Waals surface area (Å²) in [7, 11) is 0. The molecule has 1 fully saturated rings. The molecule has 25 heavy (non-hydrogen) atoms. The number of ether oxygens (including phenoxy) is 3. The fourth-order valence-corrected chi connectivity index (χ4v) is 4.24. The summed E-state index contributed by atoms with van der Waals surface area (Å²) in [5.74, 6) is 1.26. The lowest BCUT2D eigenvalue weighted by atomic mass is 9.73. The second-order valence-corrected chi connectivity index (χ2v) is 7.11. The SMILES string of the molecule is CCOC(=O)/C=C1\NC2(CCCCC2)Cc2cc3c(cc21)OCCO3. The van der Waals surface area contributed by atoms with Crippen molar-refractivity contribution in [3.05, 3.63) is 29.3 Å². The lowest BCUT2D eigenvalue weighted by Crippen LogP contribution is -2.50. The second-order valence-electron chi connectivity index (χ2n) is 7.11. The molecule has 0 aromatic heterocycles. The predicted octanol–water partition coefficient (Wildman–Crippen LogP) is 3.21. The third kappa shape index (κ3) is 3.20. The van der Waals surface area contributed by atoms with Gasteiger partial charge in [0.25, 0.3) is 0 Å². The Balaban J connectivity index is 1.76. The Morgan fingerprint density at radius 3 is 2.64 bits per heavy atom. The fraction of sp³-hybridized carbons (Fsp3) is 0.550. The van der Waals surface area contributed by atoms with Crippen molar-refractivity contribution in [2.24, 2.45) is 0 Å². The number of hydrogen-bond donors (Lipinski definition) is 1. The van der Waals surface area contributed by atoms with Crippen LogP contribution < -0.4 is 14.8 Å². The zero-order valence-electron chi connectivity index (χ0n) is 14.7. The first-order chi connectivity index (χ1) is 12.2. The molecule has 1 aromatic carbocycles. The third-order valence-electron chi connectivity index (χ3n) is 5.35. The highest BCUT2D eigenvalue weighted by Crippen LogP contribution is 2.43. The number of benzene rings is 1. The molecule has 3 aliphatic rings. The Kier molecular flexibility index (Phi) is 4.32. The van der Waals surface area contributed by atoms with E-state index in [2.05, 4.69) is 11.4 Å². The highest BCUT2D eigenvalue weighted by atomic mass is 16.6. The summed E-state index contributed by atoms with van der Waals surface area (Å²) >= 11 is 0. The van der Waals surface area contributed by atoms with Gasteiger partial charge in [0.15, 0.2) is 11.5 Å². The average Bonchev–Trinajstić information content (AvgIpc) is 2.61. The highest BCUT2D eigenvalue weighted by Gasteiger charge is 2.38. The Hall–Kier alpha value is -2.17. The quantitative estimate of drug-likeness (QED) is 0.660. The van der Waals surface area contributed by atoms with Gasteiger partial charge in [-0.25, -0.2) is 4.79 Å². The highest BCUT2D eigenvalue weighted by molar-refractivity contribution is 5.92. The molecular weight excluding hydrogens is 318 g/mol. The van der Waals surface area contributed by atoms with Gasteiger partial charge >= 0.3 is 5.97 Å². The van der Waals surface area contributed by atoms with Gasteiger partial charge in [0.05, 0.1) is 6.61 Å². The maximum absolute atomic E-state index is 12.1. The largest absolute Gasteiger partial charge is 0.486 e. The molecule has 1 saturated carbocycles. The molecule has 2 heterocycles. The van der Waals surface area contributed by atoms with Gasteiger partial charge in [-0.05, 0) is 43.9 Å². The summed E-state index contributed by atoms with van der Waals surface area (Å²) in [6.45, 7) is 3.34. The van der Waals surface area contributed by atoms with Gasteiger partial charge in [0.1, 0.15) is 13.2 Å². The number of nitrogens with one attached hydrogen (secondary N) is 1.